The lowest BCUT2D eigenvalue weighted by molar-refractivity contribution is 0.0704. The number of carbonyl (C=O) groups excluding carboxylic acids is 1. The maximum Gasteiger partial charge on any atom is 0.253 e. The minimum Gasteiger partial charge on any atom is -0.398 e. The Hall–Kier alpha value is -4.05. The molecule has 0 bridgehead atoms. The number of rotatable bonds is 9. The van der Waals surface area contributed by atoms with Crippen molar-refractivity contribution in [2.45, 2.75) is 65.0 Å². The molecule has 0 saturated carbocycles. The number of amides is 1. The van der Waals surface area contributed by atoms with Gasteiger partial charge in [0, 0.05) is 80.5 Å². The maximum absolute atomic E-state index is 13.3. The monoisotopic (exact) mass is 557 g/mol. The lowest BCUT2D eigenvalue weighted by Crippen LogP contribution is -2.44. The molecule has 10 nitrogen and oxygen atoms in total. The van der Waals surface area contributed by atoms with Gasteiger partial charge in [0.25, 0.3) is 5.91 Å². The number of nitrogens with one attached hydrogen (secondary N) is 2. The van der Waals surface area contributed by atoms with Crippen molar-refractivity contribution in [3.63, 3.8) is 0 Å². The van der Waals surface area contributed by atoms with Crippen LogP contribution in [0.15, 0.2) is 42.0 Å². The van der Waals surface area contributed by atoms with Gasteiger partial charge in [-0.15, -0.1) is 0 Å². The first-order valence-corrected chi connectivity index (χ1v) is 14.2. The molecule has 41 heavy (non-hydrogen) atoms. The van der Waals surface area contributed by atoms with Crippen LogP contribution in [0.3, 0.4) is 0 Å². The Morgan fingerprint density at radius 3 is 2.61 bits per heavy atom. The number of likely N-dealkylation sites (tertiary alicyclic amines) is 1. The Morgan fingerprint density at radius 2 is 1.98 bits per heavy atom. The molecule has 0 spiro atoms. The molecule has 1 aliphatic rings. The van der Waals surface area contributed by atoms with Crippen molar-refractivity contribution in [3.05, 3.63) is 65.1 Å². The summed E-state index contributed by atoms with van der Waals surface area (Å²) in [5.74, 6) is 1.42. The largest absolute Gasteiger partial charge is 0.398 e. The van der Waals surface area contributed by atoms with Crippen LogP contribution in [0.4, 0.5) is 17.5 Å². The van der Waals surface area contributed by atoms with E-state index in [0.717, 1.165) is 47.6 Å². The van der Waals surface area contributed by atoms with E-state index in [1.54, 1.807) is 25.4 Å². The Morgan fingerprint density at radius 1 is 1.24 bits per heavy atom. The highest BCUT2D eigenvalue weighted by atomic mass is 16.2. The second-order valence-corrected chi connectivity index (χ2v) is 11.6. The summed E-state index contributed by atoms with van der Waals surface area (Å²) < 4.78 is 1.83. The fourth-order valence-corrected chi connectivity index (χ4v) is 4.92. The van der Waals surface area contributed by atoms with Gasteiger partial charge in [-0.25, -0.2) is 9.97 Å². The minimum atomic E-state index is -0.0447. The van der Waals surface area contributed by atoms with E-state index in [0.29, 0.717) is 48.4 Å². The topological polar surface area (TPSA) is 126 Å². The molecule has 1 aliphatic heterocycles. The minimum absolute atomic E-state index is 0.00973. The van der Waals surface area contributed by atoms with Gasteiger partial charge in [-0.3, -0.25) is 14.5 Å². The molecule has 3 aromatic rings. The Bertz CT molecular complexity index is 1430. The van der Waals surface area contributed by atoms with E-state index in [9.17, 15) is 4.79 Å². The van der Waals surface area contributed by atoms with E-state index >= 15 is 0 Å². The predicted molar refractivity (Wildman–Crippen MR) is 167 cm³/mol. The number of aliphatic imine (C=N–C) groups is 1. The highest BCUT2D eigenvalue weighted by Gasteiger charge is 2.25. The molecule has 10 heteroatoms. The second-order valence-electron chi connectivity index (χ2n) is 11.6. The molecule has 218 valence electrons. The van der Waals surface area contributed by atoms with Crippen LogP contribution in [0, 0.1) is 0 Å². The Labute approximate surface area is 243 Å². The van der Waals surface area contributed by atoms with Gasteiger partial charge in [0.15, 0.2) is 0 Å². The zero-order valence-electron chi connectivity index (χ0n) is 25.2. The Kier molecular flexibility index (Phi) is 9.22. The fourth-order valence-electron chi connectivity index (χ4n) is 4.92. The first-order valence-electron chi connectivity index (χ1n) is 14.2. The molecule has 1 amide bonds. The van der Waals surface area contributed by atoms with E-state index in [4.69, 9.17) is 10.7 Å². The summed E-state index contributed by atoms with van der Waals surface area (Å²) in [4.78, 5) is 28.6. The van der Waals surface area contributed by atoms with Crippen LogP contribution in [0.5, 0.6) is 0 Å². The first kappa shape index (κ1) is 29.9. The molecule has 0 unspecified atom stereocenters. The van der Waals surface area contributed by atoms with Gasteiger partial charge in [0.1, 0.15) is 5.82 Å². The zero-order valence-corrected chi connectivity index (χ0v) is 25.2. The summed E-state index contributed by atoms with van der Waals surface area (Å²) >= 11 is 0. The lowest BCUT2D eigenvalue weighted by Gasteiger charge is -2.32. The van der Waals surface area contributed by atoms with E-state index < -0.39 is 0 Å². The molecule has 0 atom stereocenters. The van der Waals surface area contributed by atoms with Crippen molar-refractivity contribution in [2.24, 2.45) is 12.0 Å². The summed E-state index contributed by atoms with van der Waals surface area (Å²) in [5.41, 5.74) is 11.8. The highest BCUT2D eigenvalue weighted by Crippen LogP contribution is 2.25. The van der Waals surface area contributed by atoms with Crippen LogP contribution in [0.25, 0.3) is 5.57 Å². The number of nitrogen functional groups attached to an aromatic ring is 1. The average molecular weight is 558 g/mol. The van der Waals surface area contributed by atoms with Crippen LogP contribution in [-0.2, 0) is 25.4 Å². The molecule has 3 heterocycles. The molecule has 4 N–H and O–H groups in total. The molecule has 0 aliphatic carbocycles. The smallest absolute Gasteiger partial charge is 0.253 e. The van der Waals surface area contributed by atoms with Crippen molar-refractivity contribution in [1.29, 1.82) is 0 Å². The number of nitrogens with zero attached hydrogens (tertiary/aromatic N) is 6. The van der Waals surface area contributed by atoms with Crippen LogP contribution >= 0.6 is 0 Å². The van der Waals surface area contributed by atoms with E-state index in [2.05, 4.69) is 60.0 Å². The standard InChI is InChI=1S/C31H43N9O/c1-8-21-18-35-30(37-28-16-27(31(3,4)5)38-39(28)7)36-26(21)19-34-23-11-13-40(14-12-23)29(41)22-9-10-25(32)24(15-22)20(2)17-33-6/h9-10,15-18,23,34H,2,8,11-14,19,32H2,1,3-7H3,(H,35,36,37). The average Bonchev–Trinajstić information content (AvgIpc) is 3.32. The molecular weight excluding hydrogens is 514 g/mol. The number of allylic oxidation sites excluding steroid dienone is 1. The third kappa shape index (κ3) is 7.18. The molecule has 0 radical (unpaired) electrons. The number of carbonyl (C=O) groups is 1. The zero-order chi connectivity index (χ0) is 29.7. The van der Waals surface area contributed by atoms with Gasteiger partial charge >= 0.3 is 0 Å². The van der Waals surface area contributed by atoms with Gasteiger partial charge in [-0.05, 0) is 48.6 Å². The van der Waals surface area contributed by atoms with Crippen molar-refractivity contribution in [3.8, 4) is 0 Å². The molecule has 4 rings (SSSR count). The third-order valence-corrected chi connectivity index (χ3v) is 7.49. The lowest BCUT2D eigenvalue weighted by atomic mass is 9.92. The fraction of sp³-hybridized carbons (Fsp3) is 0.452. The number of anilines is 3. The van der Waals surface area contributed by atoms with Crippen LogP contribution in [0.2, 0.25) is 0 Å². The van der Waals surface area contributed by atoms with E-state index in [1.165, 1.54) is 0 Å². The summed E-state index contributed by atoms with van der Waals surface area (Å²) in [6.45, 7) is 14.6. The van der Waals surface area contributed by atoms with Crippen molar-refractivity contribution < 1.29 is 4.79 Å². The van der Waals surface area contributed by atoms with Gasteiger partial charge in [-0.2, -0.15) is 5.10 Å². The van der Waals surface area contributed by atoms with Crippen molar-refractivity contribution >= 4 is 35.1 Å². The summed E-state index contributed by atoms with van der Waals surface area (Å²) in [6, 6.07) is 7.70. The van der Waals surface area contributed by atoms with E-state index in [1.807, 2.05) is 35.0 Å². The maximum atomic E-state index is 13.3. The van der Waals surface area contributed by atoms with Crippen LogP contribution < -0.4 is 16.4 Å². The number of piperidine rings is 1. The number of benzene rings is 1. The normalized spacial score (nSPS) is 14.5. The number of hydrogen-bond acceptors (Lipinski definition) is 8. The first-order chi connectivity index (χ1) is 19.5. The van der Waals surface area contributed by atoms with Crippen molar-refractivity contribution in [2.75, 3.05) is 31.2 Å². The van der Waals surface area contributed by atoms with Crippen LogP contribution in [0.1, 0.15) is 73.4 Å². The highest BCUT2D eigenvalue weighted by molar-refractivity contribution is 6.11. The molecule has 1 saturated heterocycles. The number of aromatic nitrogens is 4. The second kappa shape index (κ2) is 12.6. The molecule has 1 aromatic carbocycles. The summed E-state index contributed by atoms with van der Waals surface area (Å²) in [5, 5.41) is 11.6. The van der Waals surface area contributed by atoms with Crippen molar-refractivity contribution in [1.82, 2.24) is 30.0 Å². The van der Waals surface area contributed by atoms with Gasteiger partial charge in [0.05, 0.1) is 11.4 Å². The van der Waals surface area contributed by atoms with Gasteiger partial charge < -0.3 is 21.3 Å². The SMILES string of the molecule is C=C(C=NC)c1cc(C(=O)N2CCC(NCc3nc(Nc4cc(C(C)(C)C)nn4C)ncc3CC)CC2)ccc1N. The van der Waals surface area contributed by atoms with Crippen LogP contribution in [-0.4, -0.2) is 62.9 Å². The van der Waals surface area contributed by atoms with E-state index in [-0.39, 0.29) is 11.3 Å². The number of nitrogens with two attached hydrogens (primary N) is 1. The summed E-state index contributed by atoms with van der Waals surface area (Å²) in [6.07, 6.45) is 6.14. The molecule has 1 fully saturated rings. The number of hydrogen-bond donors (Lipinski definition) is 3. The number of aryl methyl sites for hydroxylation is 2. The molecule has 2 aromatic heterocycles. The summed E-state index contributed by atoms with van der Waals surface area (Å²) in [7, 11) is 3.60. The van der Waals surface area contributed by atoms with Gasteiger partial charge in [-0.1, -0.05) is 34.3 Å². The third-order valence-electron chi connectivity index (χ3n) is 7.49. The van der Waals surface area contributed by atoms with Gasteiger partial charge in [0.2, 0.25) is 5.95 Å². The predicted octanol–water partition coefficient (Wildman–Crippen LogP) is 4.50. The Balaban J connectivity index is 1.36. The molecular formula is C31H43N9O. The quantitative estimate of drug-likeness (QED) is 0.261.